The van der Waals surface area contributed by atoms with Gasteiger partial charge in [0.15, 0.2) is 0 Å². The first-order chi connectivity index (χ1) is 9.56. The molecule has 1 unspecified atom stereocenters. The number of halogens is 1. The Morgan fingerprint density at radius 2 is 2.05 bits per heavy atom. The second-order valence-electron chi connectivity index (χ2n) is 5.36. The monoisotopic (exact) mass is 314 g/mol. The number of aliphatic hydroxyl groups is 1. The summed E-state index contributed by atoms with van der Waals surface area (Å²) in [5.74, 6) is 0.460. The Kier molecular flexibility index (Phi) is 6.95. The molecule has 0 radical (unpaired) electrons. The summed E-state index contributed by atoms with van der Waals surface area (Å²) in [6.07, 6.45) is 1.43. The lowest BCUT2D eigenvalue weighted by Crippen LogP contribution is -2.26. The van der Waals surface area contributed by atoms with Crippen LogP contribution < -0.4 is 4.74 Å². The summed E-state index contributed by atoms with van der Waals surface area (Å²) in [5.41, 5.74) is 0.779. The lowest BCUT2D eigenvalue weighted by molar-refractivity contribution is 0.126. The van der Waals surface area contributed by atoms with Crippen molar-refractivity contribution in [2.45, 2.75) is 18.9 Å². The van der Waals surface area contributed by atoms with Crippen molar-refractivity contribution >= 4 is 18.5 Å². The molecule has 1 fully saturated rings. The molecule has 5 nitrogen and oxygen atoms in total. The van der Waals surface area contributed by atoms with E-state index >= 15 is 0 Å². The fourth-order valence-electron chi connectivity index (χ4n) is 2.29. The highest BCUT2D eigenvalue weighted by Crippen LogP contribution is 2.22. The average molecular weight is 315 g/mol. The highest BCUT2D eigenvalue weighted by atomic mass is 35.5. The van der Waals surface area contributed by atoms with Crippen molar-refractivity contribution in [1.82, 2.24) is 9.80 Å². The van der Waals surface area contributed by atoms with Gasteiger partial charge in [-0.2, -0.15) is 0 Å². The normalized spacial score (nSPS) is 16.1. The molecule has 1 heterocycles. The molecule has 2 rings (SSSR count). The van der Waals surface area contributed by atoms with Crippen LogP contribution in [0.5, 0.6) is 5.75 Å². The fourth-order valence-corrected chi connectivity index (χ4v) is 2.29. The van der Waals surface area contributed by atoms with Crippen LogP contribution in [0.2, 0.25) is 0 Å². The Labute approximate surface area is 131 Å². The zero-order valence-electron chi connectivity index (χ0n) is 12.5. The molecule has 1 aliphatic heterocycles. The Morgan fingerprint density at radius 1 is 1.38 bits per heavy atom. The summed E-state index contributed by atoms with van der Waals surface area (Å²) in [4.78, 5) is 15.1. The van der Waals surface area contributed by atoms with E-state index in [0.29, 0.717) is 12.3 Å². The minimum absolute atomic E-state index is 0. The standard InChI is InChI=1S/C15H22N2O3.ClH/c1-16(2)15(19)20-13-7-5-6-12(10-13)14(18)11-17-8-3-4-9-17;/h5-7,10,14,18H,3-4,8-9,11H2,1-2H3;1H. The summed E-state index contributed by atoms with van der Waals surface area (Å²) in [6.45, 7) is 2.73. The zero-order chi connectivity index (χ0) is 14.5. The van der Waals surface area contributed by atoms with Crippen molar-refractivity contribution in [3.8, 4) is 5.75 Å². The zero-order valence-corrected chi connectivity index (χ0v) is 13.3. The van der Waals surface area contributed by atoms with Gasteiger partial charge in [-0.15, -0.1) is 12.4 Å². The number of rotatable bonds is 4. The van der Waals surface area contributed by atoms with Gasteiger partial charge in [0, 0.05) is 20.6 Å². The number of benzene rings is 1. The number of likely N-dealkylation sites (tertiary alicyclic amines) is 1. The van der Waals surface area contributed by atoms with Crippen LogP contribution >= 0.6 is 12.4 Å². The first kappa shape index (κ1) is 17.8. The van der Waals surface area contributed by atoms with E-state index in [9.17, 15) is 9.90 Å². The first-order valence-corrected chi connectivity index (χ1v) is 6.96. The second kappa shape index (κ2) is 8.22. The molecule has 1 saturated heterocycles. The molecule has 1 N–H and O–H groups in total. The lowest BCUT2D eigenvalue weighted by atomic mass is 10.1. The number of aliphatic hydroxyl groups excluding tert-OH is 1. The summed E-state index contributed by atoms with van der Waals surface area (Å²) in [6, 6.07) is 7.09. The summed E-state index contributed by atoms with van der Waals surface area (Å²) in [7, 11) is 3.27. The van der Waals surface area contributed by atoms with Crippen molar-refractivity contribution in [3.63, 3.8) is 0 Å². The second-order valence-corrected chi connectivity index (χ2v) is 5.36. The Morgan fingerprint density at radius 3 is 2.67 bits per heavy atom. The highest BCUT2D eigenvalue weighted by molar-refractivity contribution is 5.85. The Hall–Kier alpha value is -1.30. The van der Waals surface area contributed by atoms with Crippen molar-refractivity contribution in [3.05, 3.63) is 29.8 Å². The van der Waals surface area contributed by atoms with Gasteiger partial charge in [0.25, 0.3) is 0 Å². The molecule has 1 aromatic carbocycles. The third-order valence-electron chi connectivity index (χ3n) is 3.44. The van der Waals surface area contributed by atoms with Crippen LogP contribution in [0.1, 0.15) is 24.5 Å². The maximum Gasteiger partial charge on any atom is 0.414 e. The van der Waals surface area contributed by atoms with Crippen molar-refractivity contribution < 1.29 is 14.6 Å². The maximum absolute atomic E-state index is 11.5. The smallest absolute Gasteiger partial charge is 0.410 e. The van der Waals surface area contributed by atoms with Crippen LogP contribution in [0.3, 0.4) is 0 Å². The Balaban J connectivity index is 0.00000220. The number of β-amino-alcohol motifs (C(OH)–C–C–N with tert-alkyl or cyclic N) is 1. The van der Waals surface area contributed by atoms with Gasteiger partial charge in [0.05, 0.1) is 6.10 Å². The van der Waals surface area contributed by atoms with Crippen molar-refractivity contribution in [2.75, 3.05) is 33.7 Å². The summed E-state index contributed by atoms with van der Waals surface area (Å²) in [5, 5.41) is 10.3. The molecule has 118 valence electrons. The van der Waals surface area contributed by atoms with Gasteiger partial charge in [0.1, 0.15) is 5.75 Å². The molecule has 1 atom stereocenters. The molecule has 1 aromatic rings. The molecule has 6 heteroatoms. The van der Waals surface area contributed by atoms with E-state index in [1.165, 1.54) is 17.7 Å². The molecular formula is C15H23ClN2O3. The maximum atomic E-state index is 11.5. The number of ether oxygens (including phenoxy) is 1. The molecule has 0 bridgehead atoms. The molecule has 1 aliphatic rings. The van der Waals surface area contributed by atoms with Crippen LogP contribution in [0.15, 0.2) is 24.3 Å². The van der Waals surface area contributed by atoms with E-state index in [4.69, 9.17) is 4.74 Å². The molecule has 21 heavy (non-hydrogen) atoms. The van der Waals surface area contributed by atoms with Gasteiger partial charge in [-0.05, 0) is 43.6 Å². The molecule has 0 aromatic heterocycles. The quantitative estimate of drug-likeness (QED) is 0.926. The van der Waals surface area contributed by atoms with Gasteiger partial charge < -0.3 is 19.6 Å². The highest BCUT2D eigenvalue weighted by Gasteiger charge is 2.17. The van der Waals surface area contributed by atoms with E-state index in [0.717, 1.165) is 18.7 Å². The van der Waals surface area contributed by atoms with Gasteiger partial charge in [-0.25, -0.2) is 4.79 Å². The fraction of sp³-hybridized carbons (Fsp3) is 0.533. The predicted molar refractivity (Wildman–Crippen MR) is 84.0 cm³/mol. The number of carbonyl (C=O) groups is 1. The lowest BCUT2D eigenvalue weighted by Gasteiger charge is -2.20. The number of amides is 1. The Bertz CT molecular complexity index is 462. The van der Waals surface area contributed by atoms with Gasteiger partial charge >= 0.3 is 6.09 Å². The van der Waals surface area contributed by atoms with Crippen molar-refractivity contribution in [2.24, 2.45) is 0 Å². The van der Waals surface area contributed by atoms with Gasteiger partial charge in [0.2, 0.25) is 0 Å². The summed E-state index contributed by atoms with van der Waals surface area (Å²) < 4.78 is 5.20. The number of carbonyl (C=O) groups excluding carboxylic acids is 1. The molecular weight excluding hydrogens is 292 g/mol. The molecule has 1 amide bonds. The van der Waals surface area contributed by atoms with Crippen molar-refractivity contribution in [1.29, 1.82) is 0 Å². The first-order valence-electron chi connectivity index (χ1n) is 6.96. The topological polar surface area (TPSA) is 53.0 Å². The molecule has 0 saturated carbocycles. The molecule has 0 spiro atoms. The summed E-state index contributed by atoms with van der Waals surface area (Å²) >= 11 is 0. The van der Waals surface area contributed by atoms with Gasteiger partial charge in [-0.3, -0.25) is 0 Å². The SMILES string of the molecule is CN(C)C(=O)Oc1cccc(C(O)CN2CCCC2)c1.Cl. The van der Waals surface area contributed by atoms with Crippen LogP contribution in [-0.4, -0.2) is 54.7 Å². The third-order valence-corrected chi connectivity index (χ3v) is 3.44. The van der Waals surface area contributed by atoms with E-state index < -0.39 is 12.2 Å². The predicted octanol–water partition coefficient (Wildman–Crippen LogP) is 2.30. The molecule has 0 aliphatic carbocycles. The minimum atomic E-state index is -0.550. The minimum Gasteiger partial charge on any atom is -0.410 e. The largest absolute Gasteiger partial charge is 0.414 e. The van der Waals surface area contributed by atoms with Gasteiger partial charge in [-0.1, -0.05) is 12.1 Å². The number of hydrogen-bond donors (Lipinski definition) is 1. The number of hydrogen-bond acceptors (Lipinski definition) is 4. The number of nitrogens with zero attached hydrogens (tertiary/aromatic N) is 2. The van der Waals surface area contributed by atoms with E-state index in [1.807, 2.05) is 6.07 Å². The van der Waals surface area contributed by atoms with E-state index in [-0.39, 0.29) is 12.4 Å². The van der Waals surface area contributed by atoms with E-state index in [2.05, 4.69) is 4.90 Å². The average Bonchev–Trinajstić information content (AvgIpc) is 2.91. The third kappa shape index (κ3) is 5.19. The van der Waals surface area contributed by atoms with Crippen LogP contribution in [0.25, 0.3) is 0 Å². The van der Waals surface area contributed by atoms with Crippen LogP contribution in [0, 0.1) is 0 Å². The van der Waals surface area contributed by atoms with Crippen LogP contribution in [0.4, 0.5) is 4.79 Å². The van der Waals surface area contributed by atoms with E-state index in [1.54, 1.807) is 32.3 Å². The van der Waals surface area contributed by atoms with Crippen LogP contribution in [-0.2, 0) is 0 Å².